The minimum atomic E-state index is -0.810. The minimum absolute atomic E-state index is 0.0262. The predicted molar refractivity (Wildman–Crippen MR) is 89.6 cm³/mol. The van der Waals surface area contributed by atoms with E-state index in [0.29, 0.717) is 13.0 Å². The topological polar surface area (TPSA) is 59.5 Å². The lowest BCUT2D eigenvalue weighted by Crippen LogP contribution is -2.51. The van der Waals surface area contributed by atoms with E-state index in [2.05, 4.69) is 6.92 Å². The number of hydrogen-bond donors (Lipinski definition) is 1. The van der Waals surface area contributed by atoms with Gasteiger partial charge in [-0.3, -0.25) is 4.79 Å². The zero-order valence-electron chi connectivity index (χ0n) is 14.0. The second-order valence-electron chi connectivity index (χ2n) is 6.18. The molecule has 0 spiro atoms. The van der Waals surface area contributed by atoms with Crippen LogP contribution in [0.4, 0.5) is 0 Å². The molecule has 22 heavy (non-hydrogen) atoms. The number of benzene rings is 1. The number of nitrogens with two attached hydrogens (primary N) is 1. The van der Waals surface area contributed by atoms with Crippen LogP contribution in [0.25, 0.3) is 11.0 Å². The van der Waals surface area contributed by atoms with E-state index in [1.165, 1.54) is 0 Å². The van der Waals surface area contributed by atoms with Crippen LogP contribution in [-0.4, -0.2) is 23.4 Å². The third-order valence-corrected chi connectivity index (χ3v) is 4.10. The zero-order chi connectivity index (χ0) is 16.3. The molecule has 4 heteroatoms. The molecule has 120 valence electrons. The molecular weight excluding hydrogens is 276 g/mol. The number of aryl methyl sites for hydroxylation is 1. The number of para-hydroxylation sites is 1. The first-order valence-electron chi connectivity index (χ1n) is 7.94. The molecule has 1 unspecified atom stereocenters. The van der Waals surface area contributed by atoms with Crippen molar-refractivity contribution in [3.05, 3.63) is 35.6 Å². The molecule has 4 nitrogen and oxygen atoms in total. The Morgan fingerprint density at radius 1 is 1.32 bits per heavy atom. The Hall–Kier alpha value is -1.81. The van der Waals surface area contributed by atoms with E-state index < -0.39 is 5.54 Å². The fourth-order valence-corrected chi connectivity index (χ4v) is 2.98. The van der Waals surface area contributed by atoms with Gasteiger partial charge in [-0.1, -0.05) is 38.5 Å². The van der Waals surface area contributed by atoms with E-state index in [4.69, 9.17) is 10.2 Å². The molecule has 0 aliphatic heterocycles. The summed E-state index contributed by atoms with van der Waals surface area (Å²) >= 11 is 0. The summed E-state index contributed by atoms with van der Waals surface area (Å²) in [6, 6.07) is 7.96. The van der Waals surface area contributed by atoms with Gasteiger partial charge in [0.2, 0.25) is 5.91 Å². The van der Waals surface area contributed by atoms with Crippen molar-refractivity contribution in [2.45, 2.75) is 52.1 Å². The molecule has 1 atom stereocenters. The van der Waals surface area contributed by atoms with E-state index in [9.17, 15) is 4.79 Å². The van der Waals surface area contributed by atoms with Gasteiger partial charge < -0.3 is 15.1 Å². The number of furan rings is 1. The lowest BCUT2D eigenvalue weighted by Gasteiger charge is -2.29. The molecule has 0 aliphatic rings. The molecule has 2 rings (SSSR count). The molecule has 0 fully saturated rings. The first kappa shape index (κ1) is 16.6. The molecular formula is C18H26N2O2. The quantitative estimate of drug-likeness (QED) is 0.889. The molecule has 2 N–H and O–H groups in total. The Kier molecular flexibility index (Phi) is 4.91. The summed E-state index contributed by atoms with van der Waals surface area (Å²) in [5.74, 6) is 0.914. The van der Waals surface area contributed by atoms with Crippen LogP contribution >= 0.6 is 0 Å². The largest absolute Gasteiger partial charge is 0.461 e. The molecule has 0 aliphatic carbocycles. The lowest BCUT2D eigenvalue weighted by molar-refractivity contribution is -0.135. The third kappa shape index (κ3) is 3.17. The van der Waals surface area contributed by atoms with Gasteiger partial charge in [-0.05, 0) is 19.4 Å². The summed E-state index contributed by atoms with van der Waals surface area (Å²) in [7, 11) is 1.81. The number of fused-ring (bicyclic) bond motifs is 1. The van der Waals surface area contributed by atoms with E-state index in [1.807, 2.05) is 45.2 Å². The molecule has 1 amide bonds. The van der Waals surface area contributed by atoms with E-state index in [1.54, 1.807) is 4.90 Å². The van der Waals surface area contributed by atoms with Crippen LogP contribution in [0.1, 0.15) is 44.9 Å². The highest BCUT2D eigenvalue weighted by Gasteiger charge is 2.30. The number of amides is 1. The summed E-state index contributed by atoms with van der Waals surface area (Å²) in [6.07, 6.45) is 2.38. The van der Waals surface area contributed by atoms with Crippen LogP contribution in [-0.2, 0) is 17.8 Å². The van der Waals surface area contributed by atoms with Crippen molar-refractivity contribution >= 4 is 16.9 Å². The summed E-state index contributed by atoms with van der Waals surface area (Å²) in [5, 5.41) is 1.08. The fourth-order valence-electron chi connectivity index (χ4n) is 2.98. The Balaban J connectivity index is 2.28. The van der Waals surface area contributed by atoms with Crippen molar-refractivity contribution in [1.29, 1.82) is 0 Å². The van der Waals surface area contributed by atoms with Crippen LogP contribution in [0.15, 0.2) is 28.7 Å². The van der Waals surface area contributed by atoms with Crippen LogP contribution < -0.4 is 5.73 Å². The minimum Gasteiger partial charge on any atom is -0.461 e. The number of rotatable bonds is 6. The Labute approximate surface area is 132 Å². The number of carbonyl (C=O) groups excluding carboxylic acids is 1. The Bertz CT molecular complexity index is 658. The smallest absolute Gasteiger partial charge is 0.242 e. The van der Waals surface area contributed by atoms with Crippen molar-refractivity contribution in [2.24, 2.45) is 5.73 Å². The lowest BCUT2D eigenvalue weighted by atomic mass is 9.95. The molecule has 1 aromatic carbocycles. The van der Waals surface area contributed by atoms with Gasteiger partial charge in [-0.15, -0.1) is 0 Å². The molecule has 2 aromatic rings. The second kappa shape index (κ2) is 6.53. The summed E-state index contributed by atoms with van der Waals surface area (Å²) < 4.78 is 5.89. The second-order valence-corrected chi connectivity index (χ2v) is 6.18. The Morgan fingerprint density at radius 2 is 2.00 bits per heavy atom. The van der Waals surface area contributed by atoms with Crippen LogP contribution in [0.5, 0.6) is 0 Å². The SMILES string of the molecule is CCCC(C)(N)C(=O)N(C)Cc1c(CC)oc2ccccc12. The van der Waals surface area contributed by atoms with Gasteiger partial charge >= 0.3 is 0 Å². The van der Waals surface area contributed by atoms with Crippen molar-refractivity contribution < 1.29 is 9.21 Å². The monoisotopic (exact) mass is 302 g/mol. The molecule has 0 saturated carbocycles. The maximum Gasteiger partial charge on any atom is 0.242 e. The van der Waals surface area contributed by atoms with E-state index in [-0.39, 0.29) is 5.91 Å². The normalized spacial score (nSPS) is 14.0. The van der Waals surface area contributed by atoms with Crippen LogP contribution in [0.2, 0.25) is 0 Å². The number of nitrogens with zero attached hydrogens (tertiary/aromatic N) is 1. The molecule has 1 heterocycles. The molecule has 0 bridgehead atoms. The van der Waals surface area contributed by atoms with Crippen molar-refractivity contribution in [3.8, 4) is 0 Å². The highest BCUT2D eigenvalue weighted by molar-refractivity contribution is 5.87. The average molecular weight is 302 g/mol. The summed E-state index contributed by atoms with van der Waals surface area (Å²) in [6.45, 7) is 6.43. The number of likely N-dealkylation sites (N-methyl/N-ethyl adjacent to an activating group) is 1. The van der Waals surface area contributed by atoms with Gasteiger partial charge in [0.05, 0.1) is 5.54 Å². The summed E-state index contributed by atoms with van der Waals surface area (Å²) in [4.78, 5) is 14.3. The highest BCUT2D eigenvalue weighted by atomic mass is 16.3. The maximum atomic E-state index is 12.6. The van der Waals surface area contributed by atoms with Crippen molar-refractivity contribution in [2.75, 3.05) is 7.05 Å². The predicted octanol–water partition coefficient (Wildman–Crippen LogP) is 3.47. The fraction of sp³-hybridized carbons (Fsp3) is 0.500. The van der Waals surface area contributed by atoms with Gasteiger partial charge in [0, 0.05) is 31.0 Å². The average Bonchev–Trinajstić information content (AvgIpc) is 2.84. The van der Waals surface area contributed by atoms with E-state index in [0.717, 1.165) is 35.1 Å². The van der Waals surface area contributed by atoms with Gasteiger partial charge in [0.25, 0.3) is 0 Å². The van der Waals surface area contributed by atoms with Crippen LogP contribution in [0.3, 0.4) is 0 Å². The van der Waals surface area contributed by atoms with Gasteiger partial charge in [0.15, 0.2) is 0 Å². The van der Waals surface area contributed by atoms with E-state index >= 15 is 0 Å². The molecule has 1 aromatic heterocycles. The summed E-state index contributed by atoms with van der Waals surface area (Å²) in [5.41, 5.74) is 7.32. The standard InChI is InChI=1S/C18H26N2O2/c1-5-11-18(3,19)17(21)20(4)12-14-13-9-7-8-10-16(13)22-15(14)6-2/h7-10H,5-6,11-12,19H2,1-4H3. The van der Waals surface area contributed by atoms with Gasteiger partial charge in [-0.2, -0.15) is 0 Å². The first-order chi connectivity index (χ1) is 10.4. The van der Waals surface area contributed by atoms with Gasteiger partial charge in [-0.25, -0.2) is 0 Å². The third-order valence-electron chi connectivity index (χ3n) is 4.10. The maximum absolute atomic E-state index is 12.6. The van der Waals surface area contributed by atoms with Crippen LogP contribution in [0, 0.1) is 0 Å². The first-order valence-corrected chi connectivity index (χ1v) is 7.94. The zero-order valence-corrected chi connectivity index (χ0v) is 14.0. The van der Waals surface area contributed by atoms with Crippen molar-refractivity contribution in [1.82, 2.24) is 4.90 Å². The Morgan fingerprint density at radius 3 is 2.64 bits per heavy atom. The molecule has 0 saturated heterocycles. The number of hydrogen-bond acceptors (Lipinski definition) is 3. The highest BCUT2D eigenvalue weighted by Crippen LogP contribution is 2.28. The molecule has 0 radical (unpaired) electrons. The van der Waals surface area contributed by atoms with Crippen molar-refractivity contribution in [3.63, 3.8) is 0 Å². The van der Waals surface area contributed by atoms with Gasteiger partial charge in [0.1, 0.15) is 11.3 Å². The number of carbonyl (C=O) groups is 1.